The lowest BCUT2D eigenvalue weighted by molar-refractivity contribution is 0.0951. The van der Waals surface area contributed by atoms with Crippen LogP contribution in [0.4, 0.5) is 0 Å². The first-order chi connectivity index (χ1) is 12.1. The van der Waals surface area contributed by atoms with Gasteiger partial charge in [0.05, 0.1) is 0 Å². The van der Waals surface area contributed by atoms with E-state index in [4.69, 9.17) is 0 Å². The minimum atomic E-state index is -0.168. The van der Waals surface area contributed by atoms with Gasteiger partial charge in [-0.1, -0.05) is 36.4 Å². The molecule has 2 rings (SSSR count). The highest BCUT2D eigenvalue weighted by Gasteiger charge is 2.10. The Hall–Kier alpha value is -2.66. The molecule has 2 aromatic rings. The molecule has 0 spiro atoms. The Labute approximate surface area is 149 Å². The van der Waals surface area contributed by atoms with Crippen molar-refractivity contribution in [2.45, 2.75) is 6.42 Å². The molecular weight excluding hydrogens is 314 g/mol. The predicted octanol–water partition coefficient (Wildman–Crippen LogP) is 1.95. The quantitative estimate of drug-likeness (QED) is 0.773. The third kappa shape index (κ3) is 6.39. The first kappa shape index (κ1) is 18.7. The number of hydrogen-bond donors (Lipinski definition) is 2. The van der Waals surface area contributed by atoms with E-state index < -0.39 is 0 Å². The first-order valence-corrected chi connectivity index (χ1v) is 8.41. The van der Waals surface area contributed by atoms with Crippen LogP contribution in [0, 0.1) is 0 Å². The minimum absolute atomic E-state index is 0.166. The van der Waals surface area contributed by atoms with E-state index in [1.807, 2.05) is 49.3 Å². The van der Waals surface area contributed by atoms with Gasteiger partial charge < -0.3 is 15.5 Å². The number of amides is 2. The third-order valence-electron chi connectivity index (χ3n) is 3.77. The number of hydrogen-bond acceptors (Lipinski definition) is 3. The van der Waals surface area contributed by atoms with Crippen LogP contribution in [0.5, 0.6) is 0 Å². The highest BCUT2D eigenvalue weighted by molar-refractivity contribution is 5.99. The number of rotatable bonds is 8. The van der Waals surface area contributed by atoms with Gasteiger partial charge in [0.2, 0.25) is 0 Å². The van der Waals surface area contributed by atoms with Gasteiger partial charge in [0.15, 0.2) is 0 Å². The number of carbonyl (C=O) groups is 2. The fourth-order valence-corrected chi connectivity index (χ4v) is 2.36. The number of nitrogens with one attached hydrogen (secondary N) is 2. The Kier molecular flexibility index (Phi) is 7.16. The van der Waals surface area contributed by atoms with Crippen LogP contribution in [0.15, 0.2) is 54.6 Å². The van der Waals surface area contributed by atoms with Crippen LogP contribution < -0.4 is 10.6 Å². The number of nitrogens with zero attached hydrogens (tertiary/aromatic N) is 1. The molecule has 0 aliphatic rings. The Balaban J connectivity index is 1.86. The summed E-state index contributed by atoms with van der Waals surface area (Å²) in [6.07, 6.45) is 0.775. The molecule has 0 radical (unpaired) electrons. The van der Waals surface area contributed by atoms with Crippen LogP contribution >= 0.6 is 0 Å². The van der Waals surface area contributed by atoms with E-state index in [1.54, 1.807) is 24.3 Å². The second-order valence-corrected chi connectivity index (χ2v) is 6.13. The SMILES string of the molecule is CN(C)CCNC(=O)c1cccc(C(=O)NCCc2ccccc2)c1. The van der Waals surface area contributed by atoms with Gasteiger partial charge in [-0.05, 0) is 44.3 Å². The van der Waals surface area contributed by atoms with E-state index >= 15 is 0 Å². The van der Waals surface area contributed by atoms with Crippen molar-refractivity contribution < 1.29 is 9.59 Å². The Morgan fingerprint density at radius 3 is 2.04 bits per heavy atom. The van der Waals surface area contributed by atoms with Crippen LogP contribution in [-0.4, -0.2) is 50.4 Å². The van der Waals surface area contributed by atoms with Crippen LogP contribution in [0.1, 0.15) is 26.3 Å². The van der Waals surface area contributed by atoms with Gasteiger partial charge in [0.25, 0.3) is 11.8 Å². The van der Waals surface area contributed by atoms with Gasteiger partial charge >= 0.3 is 0 Å². The zero-order chi connectivity index (χ0) is 18.1. The fraction of sp³-hybridized carbons (Fsp3) is 0.300. The molecule has 132 valence electrons. The van der Waals surface area contributed by atoms with Crippen LogP contribution in [0.2, 0.25) is 0 Å². The van der Waals surface area contributed by atoms with Gasteiger partial charge in [-0.3, -0.25) is 9.59 Å². The van der Waals surface area contributed by atoms with Crippen molar-refractivity contribution in [1.29, 1.82) is 0 Å². The largest absolute Gasteiger partial charge is 0.352 e. The van der Waals surface area contributed by atoms with Gasteiger partial charge in [-0.25, -0.2) is 0 Å². The average Bonchev–Trinajstić information content (AvgIpc) is 2.62. The molecule has 2 N–H and O–H groups in total. The van der Waals surface area contributed by atoms with E-state index in [0.717, 1.165) is 13.0 Å². The minimum Gasteiger partial charge on any atom is -0.352 e. The molecule has 2 amide bonds. The smallest absolute Gasteiger partial charge is 0.251 e. The molecule has 0 atom stereocenters. The number of benzene rings is 2. The summed E-state index contributed by atoms with van der Waals surface area (Å²) in [6, 6.07) is 16.8. The fourth-order valence-electron chi connectivity index (χ4n) is 2.36. The molecule has 0 fully saturated rings. The molecule has 0 heterocycles. The molecule has 0 aromatic heterocycles. The van der Waals surface area contributed by atoms with Crippen LogP contribution in [-0.2, 0) is 6.42 Å². The van der Waals surface area contributed by atoms with Crippen molar-refractivity contribution in [2.75, 3.05) is 33.7 Å². The van der Waals surface area contributed by atoms with Gasteiger partial charge in [0, 0.05) is 30.8 Å². The number of carbonyl (C=O) groups excluding carboxylic acids is 2. The zero-order valence-corrected chi connectivity index (χ0v) is 14.8. The first-order valence-electron chi connectivity index (χ1n) is 8.41. The average molecular weight is 339 g/mol. The van der Waals surface area contributed by atoms with E-state index in [0.29, 0.717) is 24.2 Å². The lowest BCUT2D eigenvalue weighted by Crippen LogP contribution is -2.31. The van der Waals surface area contributed by atoms with Crippen molar-refractivity contribution in [2.24, 2.45) is 0 Å². The summed E-state index contributed by atoms with van der Waals surface area (Å²) < 4.78 is 0. The highest BCUT2D eigenvalue weighted by atomic mass is 16.2. The normalized spacial score (nSPS) is 10.5. The molecule has 5 heteroatoms. The molecule has 0 saturated heterocycles. The molecular formula is C20H25N3O2. The van der Waals surface area contributed by atoms with Crippen molar-refractivity contribution in [3.8, 4) is 0 Å². The predicted molar refractivity (Wildman–Crippen MR) is 99.8 cm³/mol. The molecule has 2 aromatic carbocycles. The highest BCUT2D eigenvalue weighted by Crippen LogP contribution is 2.06. The zero-order valence-electron chi connectivity index (χ0n) is 14.8. The Morgan fingerprint density at radius 2 is 1.44 bits per heavy atom. The van der Waals surface area contributed by atoms with Gasteiger partial charge in [-0.15, -0.1) is 0 Å². The summed E-state index contributed by atoms with van der Waals surface area (Å²) in [7, 11) is 3.90. The van der Waals surface area contributed by atoms with Crippen molar-refractivity contribution in [3.63, 3.8) is 0 Å². The van der Waals surface area contributed by atoms with Crippen LogP contribution in [0.3, 0.4) is 0 Å². The standard InChI is InChI=1S/C20H25N3O2/c1-23(2)14-13-22-20(25)18-10-6-9-17(15-18)19(24)21-12-11-16-7-4-3-5-8-16/h3-10,15H,11-14H2,1-2H3,(H,21,24)(H,22,25). The monoisotopic (exact) mass is 339 g/mol. The lowest BCUT2D eigenvalue weighted by Gasteiger charge is -2.11. The van der Waals surface area contributed by atoms with Crippen molar-refractivity contribution in [3.05, 3.63) is 71.3 Å². The molecule has 5 nitrogen and oxygen atoms in total. The summed E-state index contributed by atoms with van der Waals surface area (Å²) in [4.78, 5) is 26.4. The van der Waals surface area contributed by atoms with E-state index in [2.05, 4.69) is 10.6 Å². The second kappa shape index (κ2) is 9.59. The third-order valence-corrected chi connectivity index (χ3v) is 3.77. The van der Waals surface area contributed by atoms with E-state index in [9.17, 15) is 9.59 Å². The summed E-state index contributed by atoms with van der Waals surface area (Å²) in [6.45, 7) is 1.90. The molecule has 0 aliphatic heterocycles. The van der Waals surface area contributed by atoms with E-state index in [-0.39, 0.29) is 11.8 Å². The number of likely N-dealkylation sites (N-methyl/N-ethyl adjacent to an activating group) is 1. The molecule has 0 saturated carbocycles. The molecule has 25 heavy (non-hydrogen) atoms. The lowest BCUT2D eigenvalue weighted by atomic mass is 10.1. The van der Waals surface area contributed by atoms with Crippen LogP contribution in [0.25, 0.3) is 0 Å². The maximum Gasteiger partial charge on any atom is 0.251 e. The van der Waals surface area contributed by atoms with E-state index in [1.165, 1.54) is 5.56 Å². The Bertz CT molecular complexity index is 699. The van der Waals surface area contributed by atoms with Gasteiger partial charge in [0.1, 0.15) is 0 Å². The summed E-state index contributed by atoms with van der Waals surface area (Å²) >= 11 is 0. The maximum atomic E-state index is 12.3. The summed E-state index contributed by atoms with van der Waals surface area (Å²) in [5, 5.41) is 5.74. The van der Waals surface area contributed by atoms with Gasteiger partial charge in [-0.2, -0.15) is 0 Å². The maximum absolute atomic E-state index is 12.3. The molecule has 0 aliphatic carbocycles. The molecule has 0 bridgehead atoms. The second-order valence-electron chi connectivity index (χ2n) is 6.13. The summed E-state index contributed by atoms with van der Waals surface area (Å²) in [5.74, 6) is -0.334. The topological polar surface area (TPSA) is 61.4 Å². The molecule has 0 unspecified atom stereocenters. The Morgan fingerprint density at radius 1 is 0.840 bits per heavy atom. The summed E-state index contributed by atoms with van der Waals surface area (Å²) in [5.41, 5.74) is 2.17. The van der Waals surface area contributed by atoms with Crippen molar-refractivity contribution in [1.82, 2.24) is 15.5 Å². The van der Waals surface area contributed by atoms with Crippen molar-refractivity contribution >= 4 is 11.8 Å².